The predicted molar refractivity (Wildman–Crippen MR) is 125 cm³/mol. The van der Waals surface area contributed by atoms with Crippen LogP contribution in [0.2, 0.25) is 0 Å². The summed E-state index contributed by atoms with van der Waals surface area (Å²) in [4.78, 5) is 20.7. The number of carbonyl (C=O) groups excluding carboxylic acids is 1. The van der Waals surface area contributed by atoms with Gasteiger partial charge < -0.3 is 14.7 Å². The van der Waals surface area contributed by atoms with Gasteiger partial charge in [-0.1, -0.05) is 30.3 Å². The first-order valence-electron chi connectivity index (χ1n) is 11.0. The molecule has 0 N–H and O–H groups in total. The molecule has 0 atom stereocenters. The monoisotopic (exact) mass is 424 g/mol. The molecule has 2 saturated heterocycles. The molecular formula is C24H32N4OS. The summed E-state index contributed by atoms with van der Waals surface area (Å²) < 4.78 is 2.38. The van der Waals surface area contributed by atoms with Gasteiger partial charge in [-0.05, 0) is 55.2 Å². The normalized spacial score (nSPS) is 18.6. The van der Waals surface area contributed by atoms with Crippen molar-refractivity contribution >= 4 is 23.5 Å². The van der Waals surface area contributed by atoms with Gasteiger partial charge >= 0.3 is 0 Å². The molecule has 2 fully saturated rings. The van der Waals surface area contributed by atoms with Crippen LogP contribution >= 0.6 is 11.9 Å². The first kappa shape index (κ1) is 21.2. The van der Waals surface area contributed by atoms with Crippen molar-refractivity contribution in [3.8, 4) is 0 Å². The van der Waals surface area contributed by atoms with E-state index < -0.39 is 0 Å². The lowest BCUT2D eigenvalue weighted by molar-refractivity contribution is -0.132. The number of nitrogens with zero attached hydrogens (tertiary/aromatic N) is 4. The smallest absolute Gasteiger partial charge is 0.222 e. The molecule has 2 heterocycles. The SMILES string of the molecule is CN1CCN(c2ccc(SN3CCN(C(=O)CCc4ccccc4)CC3)cc2)CC1. The minimum Gasteiger partial charge on any atom is -0.369 e. The van der Waals surface area contributed by atoms with E-state index in [1.165, 1.54) is 16.1 Å². The molecule has 2 aliphatic rings. The molecule has 2 aromatic rings. The van der Waals surface area contributed by atoms with Gasteiger partial charge in [-0.3, -0.25) is 4.79 Å². The van der Waals surface area contributed by atoms with Gasteiger partial charge in [0.25, 0.3) is 0 Å². The first-order chi connectivity index (χ1) is 14.7. The van der Waals surface area contributed by atoms with Gasteiger partial charge in [-0.25, -0.2) is 4.31 Å². The second-order valence-corrected chi connectivity index (χ2v) is 9.34. The maximum atomic E-state index is 12.5. The number of benzene rings is 2. The van der Waals surface area contributed by atoms with E-state index in [1.807, 2.05) is 35.0 Å². The van der Waals surface area contributed by atoms with Crippen LogP contribution in [0.3, 0.4) is 0 Å². The van der Waals surface area contributed by atoms with Gasteiger partial charge in [0.2, 0.25) is 5.91 Å². The van der Waals surface area contributed by atoms with E-state index in [9.17, 15) is 4.79 Å². The Bertz CT molecular complexity index is 798. The highest BCUT2D eigenvalue weighted by atomic mass is 32.2. The van der Waals surface area contributed by atoms with Crippen LogP contribution in [0.4, 0.5) is 5.69 Å². The molecule has 2 aromatic carbocycles. The van der Waals surface area contributed by atoms with Gasteiger partial charge in [0.1, 0.15) is 0 Å². The van der Waals surface area contributed by atoms with Gasteiger partial charge in [0.05, 0.1) is 0 Å². The minimum absolute atomic E-state index is 0.278. The molecule has 0 unspecified atom stereocenters. The Morgan fingerprint density at radius 1 is 0.833 bits per heavy atom. The van der Waals surface area contributed by atoms with Gasteiger partial charge in [-0.2, -0.15) is 0 Å². The van der Waals surface area contributed by atoms with Crippen molar-refractivity contribution < 1.29 is 4.79 Å². The van der Waals surface area contributed by atoms with Crippen LogP contribution in [0.5, 0.6) is 0 Å². The van der Waals surface area contributed by atoms with Crippen molar-refractivity contribution in [3.63, 3.8) is 0 Å². The number of aryl methyl sites for hydroxylation is 1. The summed E-state index contributed by atoms with van der Waals surface area (Å²) in [7, 11) is 2.19. The van der Waals surface area contributed by atoms with Gasteiger partial charge in [0, 0.05) is 69.4 Å². The Morgan fingerprint density at radius 2 is 1.50 bits per heavy atom. The van der Waals surface area contributed by atoms with E-state index in [1.54, 1.807) is 0 Å². The fourth-order valence-corrected chi connectivity index (χ4v) is 4.92. The zero-order chi connectivity index (χ0) is 20.8. The van der Waals surface area contributed by atoms with Crippen molar-refractivity contribution in [1.29, 1.82) is 0 Å². The third-order valence-electron chi connectivity index (χ3n) is 6.00. The van der Waals surface area contributed by atoms with Crippen LogP contribution in [0.15, 0.2) is 59.5 Å². The number of anilines is 1. The molecule has 4 rings (SSSR count). The summed E-state index contributed by atoms with van der Waals surface area (Å²) >= 11 is 1.81. The van der Waals surface area contributed by atoms with Crippen LogP contribution in [0, 0.1) is 0 Å². The van der Waals surface area contributed by atoms with E-state index in [2.05, 4.69) is 57.6 Å². The number of piperazine rings is 2. The largest absolute Gasteiger partial charge is 0.369 e. The van der Waals surface area contributed by atoms with E-state index >= 15 is 0 Å². The Kier molecular flexibility index (Phi) is 7.31. The van der Waals surface area contributed by atoms with Crippen LogP contribution in [-0.2, 0) is 11.2 Å². The van der Waals surface area contributed by atoms with Crippen molar-refractivity contribution in [3.05, 3.63) is 60.2 Å². The van der Waals surface area contributed by atoms with Crippen LogP contribution in [0.25, 0.3) is 0 Å². The van der Waals surface area contributed by atoms with Crippen molar-refractivity contribution in [2.24, 2.45) is 0 Å². The second-order valence-electron chi connectivity index (χ2n) is 8.17. The maximum Gasteiger partial charge on any atom is 0.222 e. The number of hydrogen-bond donors (Lipinski definition) is 0. The Labute approximate surface area is 184 Å². The summed E-state index contributed by atoms with van der Waals surface area (Å²) in [6, 6.07) is 19.2. The highest BCUT2D eigenvalue weighted by molar-refractivity contribution is 7.97. The molecule has 5 nitrogen and oxygen atoms in total. The highest BCUT2D eigenvalue weighted by Gasteiger charge is 2.21. The molecule has 0 aromatic heterocycles. The molecule has 1 amide bonds. The molecule has 0 radical (unpaired) electrons. The highest BCUT2D eigenvalue weighted by Crippen LogP contribution is 2.27. The van der Waals surface area contributed by atoms with E-state index in [0.29, 0.717) is 6.42 Å². The number of amides is 1. The summed E-state index contributed by atoms with van der Waals surface area (Å²) in [6.45, 7) is 7.94. The van der Waals surface area contributed by atoms with Crippen molar-refractivity contribution in [2.75, 3.05) is 64.3 Å². The molecule has 2 aliphatic heterocycles. The van der Waals surface area contributed by atoms with E-state index in [4.69, 9.17) is 0 Å². The number of carbonyl (C=O) groups is 1. The third-order valence-corrected chi connectivity index (χ3v) is 7.11. The minimum atomic E-state index is 0.278. The number of rotatable bonds is 6. The molecule has 0 spiro atoms. The van der Waals surface area contributed by atoms with E-state index in [0.717, 1.165) is 58.8 Å². The number of hydrogen-bond acceptors (Lipinski definition) is 5. The van der Waals surface area contributed by atoms with Gasteiger partial charge in [0.15, 0.2) is 0 Å². The first-order valence-corrected chi connectivity index (χ1v) is 11.7. The van der Waals surface area contributed by atoms with Crippen LogP contribution in [0.1, 0.15) is 12.0 Å². The summed E-state index contributed by atoms with van der Waals surface area (Å²) in [6.07, 6.45) is 1.43. The molecule has 0 aliphatic carbocycles. The fourth-order valence-electron chi connectivity index (χ4n) is 4.01. The molecule has 0 bridgehead atoms. The lowest BCUT2D eigenvalue weighted by Gasteiger charge is -2.35. The molecule has 0 saturated carbocycles. The zero-order valence-electron chi connectivity index (χ0n) is 17.9. The standard InChI is InChI=1S/C24H32N4OS/c1-25-13-15-26(16-14-25)22-8-10-23(11-9-22)30-28-19-17-27(18-20-28)24(29)12-7-21-5-3-2-4-6-21/h2-6,8-11H,7,12-20H2,1H3. The number of likely N-dealkylation sites (N-methyl/N-ethyl adjacent to an activating group) is 1. The molecule has 6 heteroatoms. The summed E-state index contributed by atoms with van der Waals surface area (Å²) in [5, 5.41) is 0. The quantitative estimate of drug-likeness (QED) is 0.665. The lowest BCUT2D eigenvalue weighted by atomic mass is 10.1. The van der Waals surface area contributed by atoms with Crippen molar-refractivity contribution in [1.82, 2.24) is 14.1 Å². The summed E-state index contributed by atoms with van der Waals surface area (Å²) in [5.41, 5.74) is 2.56. The van der Waals surface area contributed by atoms with E-state index in [-0.39, 0.29) is 5.91 Å². The van der Waals surface area contributed by atoms with Crippen molar-refractivity contribution in [2.45, 2.75) is 17.7 Å². The molecule has 30 heavy (non-hydrogen) atoms. The molecule has 160 valence electrons. The Balaban J connectivity index is 1.20. The van der Waals surface area contributed by atoms with Gasteiger partial charge in [-0.15, -0.1) is 0 Å². The Morgan fingerprint density at radius 3 is 2.17 bits per heavy atom. The van der Waals surface area contributed by atoms with Crippen LogP contribution in [-0.4, -0.2) is 79.4 Å². The predicted octanol–water partition coefficient (Wildman–Crippen LogP) is 3.22. The van der Waals surface area contributed by atoms with Crippen LogP contribution < -0.4 is 4.90 Å². The average Bonchev–Trinajstić information content (AvgIpc) is 2.80. The Hall–Kier alpha value is -2.02. The fraction of sp³-hybridized carbons (Fsp3) is 0.458. The second kappa shape index (κ2) is 10.3. The maximum absolute atomic E-state index is 12.5. The topological polar surface area (TPSA) is 30.0 Å². The zero-order valence-corrected chi connectivity index (χ0v) is 18.7. The average molecular weight is 425 g/mol. The third kappa shape index (κ3) is 5.78. The summed E-state index contributed by atoms with van der Waals surface area (Å²) in [5.74, 6) is 0.278. The lowest BCUT2D eigenvalue weighted by Crippen LogP contribution is -2.46. The molecular weight excluding hydrogens is 392 g/mol.